The van der Waals surface area contributed by atoms with E-state index in [1.165, 1.54) is 11.3 Å². The van der Waals surface area contributed by atoms with Crippen LogP contribution in [0.2, 0.25) is 0 Å². The summed E-state index contributed by atoms with van der Waals surface area (Å²) in [6, 6.07) is 7.70. The van der Waals surface area contributed by atoms with Crippen molar-refractivity contribution in [3.63, 3.8) is 0 Å². The van der Waals surface area contributed by atoms with Crippen LogP contribution in [0.4, 0.5) is 5.69 Å². The molecule has 1 aromatic carbocycles. The Morgan fingerprint density at radius 2 is 2.12 bits per heavy atom. The zero-order valence-corrected chi connectivity index (χ0v) is 10.4. The predicted octanol–water partition coefficient (Wildman–Crippen LogP) is 3.35. The van der Waals surface area contributed by atoms with Crippen LogP contribution in [0.15, 0.2) is 36.8 Å². The van der Waals surface area contributed by atoms with Crippen LogP contribution in [0.1, 0.15) is 11.3 Å². The Labute approximate surface area is 105 Å². The van der Waals surface area contributed by atoms with Gasteiger partial charge in [0, 0.05) is 24.2 Å². The van der Waals surface area contributed by atoms with Crippen LogP contribution in [-0.4, -0.2) is 15.8 Å². The lowest BCUT2D eigenvalue weighted by atomic mass is 10.2. The van der Waals surface area contributed by atoms with E-state index in [0.717, 1.165) is 12.3 Å². The van der Waals surface area contributed by atoms with Crippen LogP contribution >= 0.6 is 11.8 Å². The first kappa shape index (κ1) is 11.7. The molecule has 1 heterocycles. The van der Waals surface area contributed by atoms with Crippen LogP contribution < -0.4 is 0 Å². The van der Waals surface area contributed by atoms with Crippen molar-refractivity contribution in [3.05, 3.63) is 59.5 Å². The number of imidazole rings is 1. The van der Waals surface area contributed by atoms with Gasteiger partial charge in [0.05, 0.1) is 12.9 Å². The molecule has 0 spiro atoms. The van der Waals surface area contributed by atoms with Gasteiger partial charge in [0.2, 0.25) is 0 Å². The van der Waals surface area contributed by atoms with Crippen molar-refractivity contribution < 1.29 is 0 Å². The Kier molecular flexibility index (Phi) is 3.84. The van der Waals surface area contributed by atoms with Gasteiger partial charge in [-0.15, -0.1) is 0 Å². The maximum absolute atomic E-state index is 6.91. The summed E-state index contributed by atoms with van der Waals surface area (Å²) in [6.45, 7) is 7.72. The van der Waals surface area contributed by atoms with Gasteiger partial charge in [-0.05, 0) is 11.8 Å². The Bertz CT molecular complexity index is 522. The molecule has 0 N–H and O–H groups in total. The van der Waals surface area contributed by atoms with Gasteiger partial charge in [-0.3, -0.25) is 0 Å². The molecule has 2 aromatic rings. The molecular formula is C13H13N3S. The average Bonchev–Trinajstić information content (AvgIpc) is 2.78. The molecule has 0 aliphatic rings. The lowest BCUT2D eigenvalue weighted by Gasteiger charge is -2.07. The van der Waals surface area contributed by atoms with Gasteiger partial charge in [-0.25, -0.2) is 9.83 Å². The fraction of sp³-hybridized carbons (Fsp3) is 0.231. The minimum atomic E-state index is 0.684. The van der Waals surface area contributed by atoms with E-state index in [4.69, 9.17) is 6.57 Å². The first-order chi connectivity index (χ1) is 8.33. The van der Waals surface area contributed by atoms with E-state index in [2.05, 4.69) is 20.7 Å². The third kappa shape index (κ3) is 2.89. The molecule has 3 nitrogen and oxygen atoms in total. The molecule has 0 amide bonds. The van der Waals surface area contributed by atoms with Crippen molar-refractivity contribution in [3.8, 4) is 0 Å². The monoisotopic (exact) mass is 243 g/mol. The topological polar surface area (TPSA) is 22.2 Å². The normalized spacial score (nSPS) is 10.1. The zero-order chi connectivity index (χ0) is 12.1. The molecule has 86 valence electrons. The van der Waals surface area contributed by atoms with E-state index >= 15 is 0 Å². The summed E-state index contributed by atoms with van der Waals surface area (Å²) < 4.78 is 2.14. The van der Waals surface area contributed by atoms with Crippen LogP contribution in [0.3, 0.4) is 0 Å². The molecule has 0 fully saturated rings. The van der Waals surface area contributed by atoms with Crippen LogP contribution in [0.25, 0.3) is 4.85 Å². The van der Waals surface area contributed by atoms with E-state index in [1.807, 2.05) is 36.8 Å². The number of benzene rings is 1. The quantitative estimate of drug-likeness (QED) is 0.768. The number of thioether (sulfide) groups is 1. The second-order valence-electron chi connectivity index (χ2n) is 3.72. The summed E-state index contributed by atoms with van der Waals surface area (Å²) >= 11 is 1.79. The highest BCUT2D eigenvalue weighted by Crippen LogP contribution is 2.15. The van der Waals surface area contributed by atoms with Crippen molar-refractivity contribution in [2.24, 2.45) is 0 Å². The second-order valence-corrected chi connectivity index (χ2v) is 4.59. The van der Waals surface area contributed by atoms with Crippen LogP contribution in [0.5, 0.6) is 0 Å². The number of nitrogens with zero attached hydrogens (tertiary/aromatic N) is 3. The summed E-state index contributed by atoms with van der Waals surface area (Å²) in [5, 5.41) is 0. The van der Waals surface area contributed by atoms with Crippen LogP contribution in [0, 0.1) is 6.57 Å². The maximum Gasteiger partial charge on any atom is 0.187 e. The maximum atomic E-state index is 6.91. The van der Waals surface area contributed by atoms with Gasteiger partial charge in [0.25, 0.3) is 0 Å². The summed E-state index contributed by atoms with van der Waals surface area (Å²) in [5.41, 5.74) is 3.10. The van der Waals surface area contributed by atoms with E-state index in [-0.39, 0.29) is 0 Å². The Hall–Kier alpha value is -1.73. The Morgan fingerprint density at radius 1 is 1.35 bits per heavy atom. The van der Waals surface area contributed by atoms with E-state index in [9.17, 15) is 0 Å². The average molecular weight is 243 g/mol. The Morgan fingerprint density at radius 3 is 2.76 bits per heavy atom. The van der Waals surface area contributed by atoms with Crippen molar-refractivity contribution in [2.45, 2.75) is 12.3 Å². The molecule has 2 rings (SSSR count). The molecule has 0 radical (unpaired) electrons. The van der Waals surface area contributed by atoms with E-state index in [0.29, 0.717) is 5.69 Å². The highest BCUT2D eigenvalue weighted by Gasteiger charge is 2.02. The highest BCUT2D eigenvalue weighted by molar-refractivity contribution is 7.97. The van der Waals surface area contributed by atoms with Crippen molar-refractivity contribution in [1.82, 2.24) is 9.55 Å². The molecule has 0 saturated heterocycles. The van der Waals surface area contributed by atoms with E-state index < -0.39 is 0 Å². The van der Waals surface area contributed by atoms with Gasteiger partial charge >= 0.3 is 0 Å². The number of aromatic nitrogens is 2. The minimum absolute atomic E-state index is 0.684. The fourth-order valence-electron chi connectivity index (χ4n) is 1.63. The summed E-state index contributed by atoms with van der Waals surface area (Å²) in [6.07, 6.45) is 5.85. The number of hydrogen-bond acceptors (Lipinski definition) is 2. The van der Waals surface area contributed by atoms with Crippen molar-refractivity contribution >= 4 is 17.4 Å². The fourth-order valence-corrected chi connectivity index (χ4v) is 2.17. The molecule has 0 saturated carbocycles. The first-order valence-corrected chi connectivity index (χ1v) is 6.67. The van der Waals surface area contributed by atoms with Gasteiger partial charge in [0.1, 0.15) is 0 Å². The molecular weight excluding hydrogens is 230 g/mol. The standard InChI is InChI=1S/C13H13N3S/c1-14-12-5-3-11(4-6-12)8-16-10-15-7-13(16)9-17-2/h3-7,10H,8-9H2,2H3. The molecule has 0 atom stereocenters. The molecule has 17 heavy (non-hydrogen) atoms. The van der Waals surface area contributed by atoms with Crippen molar-refractivity contribution in [2.75, 3.05) is 6.26 Å². The minimum Gasteiger partial charge on any atom is -0.329 e. The lowest BCUT2D eigenvalue weighted by molar-refractivity contribution is 0.766. The highest BCUT2D eigenvalue weighted by atomic mass is 32.2. The molecule has 0 bridgehead atoms. The van der Waals surface area contributed by atoms with Crippen LogP contribution in [-0.2, 0) is 12.3 Å². The third-order valence-corrected chi connectivity index (χ3v) is 3.09. The van der Waals surface area contributed by atoms with Crippen molar-refractivity contribution in [1.29, 1.82) is 0 Å². The molecule has 0 aliphatic carbocycles. The molecule has 4 heteroatoms. The summed E-state index contributed by atoms with van der Waals surface area (Å²) in [4.78, 5) is 7.55. The predicted molar refractivity (Wildman–Crippen MR) is 71.3 cm³/mol. The Balaban J connectivity index is 2.14. The zero-order valence-electron chi connectivity index (χ0n) is 9.63. The summed E-state index contributed by atoms with van der Waals surface area (Å²) in [7, 11) is 0. The lowest BCUT2D eigenvalue weighted by Crippen LogP contribution is -2.01. The van der Waals surface area contributed by atoms with Gasteiger partial charge in [0.15, 0.2) is 5.69 Å². The number of rotatable bonds is 4. The van der Waals surface area contributed by atoms with Gasteiger partial charge < -0.3 is 4.57 Å². The van der Waals surface area contributed by atoms with Gasteiger partial charge in [-0.2, -0.15) is 11.8 Å². The van der Waals surface area contributed by atoms with E-state index in [1.54, 1.807) is 11.8 Å². The third-order valence-electron chi connectivity index (χ3n) is 2.51. The second kappa shape index (κ2) is 5.55. The summed E-state index contributed by atoms with van der Waals surface area (Å²) in [5.74, 6) is 0.972. The molecule has 1 aromatic heterocycles. The molecule has 0 aliphatic heterocycles. The van der Waals surface area contributed by atoms with Gasteiger partial charge in [-0.1, -0.05) is 24.3 Å². The first-order valence-electron chi connectivity index (χ1n) is 5.28. The largest absolute Gasteiger partial charge is 0.329 e. The molecule has 0 unspecified atom stereocenters. The SMILES string of the molecule is [C-]#[N+]c1ccc(Cn2cncc2CSC)cc1. The number of hydrogen-bond donors (Lipinski definition) is 0. The smallest absolute Gasteiger partial charge is 0.187 e.